The maximum absolute atomic E-state index is 6.76. The first-order chi connectivity index (χ1) is 31.2. The topological polar surface area (TPSA) is 69.9 Å². The van der Waals surface area contributed by atoms with Crippen molar-refractivity contribution in [3.63, 3.8) is 0 Å². The molecule has 296 valence electrons. The number of rotatable bonds is 6. The van der Waals surface area contributed by atoms with E-state index >= 15 is 0 Å². The minimum Gasteiger partial charge on any atom is -0.456 e. The van der Waals surface area contributed by atoms with Gasteiger partial charge in [0.1, 0.15) is 28.2 Å². The third-order valence-electron chi connectivity index (χ3n) is 12.5. The predicted octanol–water partition coefficient (Wildman–Crippen LogP) is 14.9. The Bertz CT molecular complexity index is 3840. The number of para-hydroxylation sites is 4. The second kappa shape index (κ2) is 14.1. The smallest absolute Gasteiger partial charge is 0.163 e. The van der Waals surface area contributed by atoms with Gasteiger partial charge >= 0.3 is 0 Å². The van der Waals surface area contributed by atoms with Crippen molar-refractivity contribution in [3.05, 3.63) is 212 Å². The van der Waals surface area contributed by atoms with Crippen LogP contribution in [0, 0.1) is 0 Å². The lowest BCUT2D eigenvalue weighted by Crippen LogP contribution is -2.08. The van der Waals surface area contributed by atoms with Crippen molar-refractivity contribution >= 4 is 71.3 Å². The molecule has 0 N–H and O–H groups in total. The molecule has 0 radical (unpaired) electrons. The molecule has 4 heterocycles. The van der Waals surface area contributed by atoms with Crippen molar-refractivity contribution in [2.75, 3.05) is 0 Å². The highest BCUT2D eigenvalue weighted by molar-refractivity contribution is 6.15. The number of nitrogens with zero attached hydrogens (tertiary/aromatic N) is 4. The minimum atomic E-state index is -0.0426. The molecule has 63 heavy (non-hydrogen) atoms. The Balaban J connectivity index is 0.941. The average molecular weight is 809 g/mol. The Morgan fingerprint density at radius 2 is 1.02 bits per heavy atom. The summed E-state index contributed by atoms with van der Waals surface area (Å²) in [6.07, 6.45) is 7.47. The van der Waals surface area contributed by atoms with Crippen LogP contribution >= 0.6 is 0 Å². The molecule has 0 bridgehead atoms. The van der Waals surface area contributed by atoms with E-state index in [4.69, 9.17) is 23.8 Å². The van der Waals surface area contributed by atoms with Gasteiger partial charge in [0, 0.05) is 60.6 Å². The fourth-order valence-electron chi connectivity index (χ4n) is 9.55. The van der Waals surface area contributed by atoms with E-state index in [2.05, 4.69) is 174 Å². The lowest BCUT2D eigenvalue weighted by Gasteiger charge is -2.17. The summed E-state index contributed by atoms with van der Waals surface area (Å²) in [4.78, 5) is 15.5. The maximum Gasteiger partial charge on any atom is 0.163 e. The number of aromatic nitrogens is 4. The van der Waals surface area contributed by atoms with Crippen molar-refractivity contribution in [3.8, 4) is 39.6 Å². The zero-order chi connectivity index (χ0) is 41.4. The van der Waals surface area contributed by atoms with E-state index in [0.29, 0.717) is 17.5 Å². The first-order valence-electron chi connectivity index (χ1n) is 21.4. The van der Waals surface area contributed by atoms with Crippen LogP contribution in [0.15, 0.2) is 209 Å². The maximum atomic E-state index is 6.76. The molecule has 0 amide bonds. The molecule has 1 aliphatic carbocycles. The number of benzene rings is 8. The molecule has 12 aromatic rings. The summed E-state index contributed by atoms with van der Waals surface area (Å²) >= 11 is 0. The molecule has 1 atom stereocenters. The second-order valence-electron chi connectivity index (χ2n) is 16.3. The number of hydrogen-bond donors (Lipinski definition) is 0. The van der Waals surface area contributed by atoms with E-state index in [-0.39, 0.29) is 5.92 Å². The molecule has 0 aliphatic heterocycles. The van der Waals surface area contributed by atoms with Crippen molar-refractivity contribution in [2.45, 2.75) is 12.3 Å². The van der Waals surface area contributed by atoms with Gasteiger partial charge in [0.05, 0.1) is 11.0 Å². The van der Waals surface area contributed by atoms with Crippen molar-refractivity contribution < 1.29 is 8.83 Å². The number of hydrogen-bond acceptors (Lipinski definition) is 5. The van der Waals surface area contributed by atoms with Gasteiger partial charge in [-0.15, -0.1) is 0 Å². The predicted molar refractivity (Wildman–Crippen MR) is 256 cm³/mol. The normalized spacial score (nSPS) is 14.2. The minimum absolute atomic E-state index is 0.0426. The average Bonchev–Trinajstić information content (AvgIpc) is 4.03. The Kier molecular flexibility index (Phi) is 7.93. The monoisotopic (exact) mass is 808 g/mol. The van der Waals surface area contributed by atoms with Gasteiger partial charge in [0.15, 0.2) is 11.6 Å². The zero-order valence-corrected chi connectivity index (χ0v) is 33.9. The van der Waals surface area contributed by atoms with Crippen LogP contribution in [0.2, 0.25) is 0 Å². The SMILES string of the molecule is C1=CC(c2ccccc2)=CC(c2nc(-c3ccc4c(c3)oc3ccccc34)nc(-c3ccc4c(c3)oc3cc(-c5cccc6c7ccccc7n(-c7ccccc7)c56)ccc34)n2)C1. The van der Waals surface area contributed by atoms with Gasteiger partial charge in [0.2, 0.25) is 0 Å². The van der Waals surface area contributed by atoms with Crippen LogP contribution in [0.1, 0.15) is 23.7 Å². The Labute approximate surface area is 361 Å². The molecule has 0 fully saturated rings. The van der Waals surface area contributed by atoms with E-state index in [9.17, 15) is 0 Å². The molecule has 8 aromatic carbocycles. The molecule has 1 unspecified atom stereocenters. The number of allylic oxidation sites excluding steroid dienone is 4. The third-order valence-corrected chi connectivity index (χ3v) is 12.5. The van der Waals surface area contributed by atoms with Crippen LogP contribution in [0.5, 0.6) is 0 Å². The van der Waals surface area contributed by atoms with Crippen LogP contribution in [-0.2, 0) is 0 Å². The summed E-state index contributed by atoms with van der Waals surface area (Å²) < 4.78 is 15.4. The fourth-order valence-corrected chi connectivity index (χ4v) is 9.55. The van der Waals surface area contributed by atoms with Gasteiger partial charge in [-0.25, -0.2) is 15.0 Å². The first-order valence-corrected chi connectivity index (χ1v) is 21.4. The van der Waals surface area contributed by atoms with Gasteiger partial charge in [-0.05, 0) is 83.8 Å². The molecular weight excluding hydrogens is 773 g/mol. The molecule has 13 rings (SSSR count). The summed E-state index contributed by atoms with van der Waals surface area (Å²) in [6, 6.07) is 63.5. The van der Waals surface area contributed by atoms with Gasteiger partial charge in [-0.1, -0.05) is 140 Å². The highest BCUT2D eigenvalue weighted by atomic mass is 16.3. The summed E-state index contributed by atoms with van der Waals surface area (Å²) in [7, 11) is 0. The van der Waals surface area contributed by atoms with E-state index in [1.807, 2.05) is 30.3 Å². The Morgan fingerprint density at radius 1 is 0.444 bits per heavy atom. The van der Waals surface area contributed by atoms with Gasteiger partial charge in [-0.3, -0.25) is 0 Å². The summed E-state index contributed by atoms with van der Waals surface area (Å²) in [5.41, 5.74) is 13.0. The van der Waals surface area contributed by atoms with Crippen molar-refractivity contribution in [2.24, 2.45) is 0 Å². The van der Waals surface area contributed by atoms with Gasteiger partial charge in [0.25, 0.3) is 0 Å². The van der Waals surface area contributed by atoms with Crippen LogP contribution in [0.3, 0.4) is 0 Å². The Morgan fingerprint density at radius 3 is 1.75 bits per heavy atom. The molecule has 4 aromatic heterocycles. The van der Waals surface area contributed by atoms with Gasteiger partial charge in [-0.2, -0.15) is 0 Å². The van der Waals surface area contributed by atoms with Crippen LogP contribution in [0.25, 0.3) is 111 Å². The second-order valence-corrected chi connectivity index (χ2v) is 16.3. The highest BCUT2D eigenvalue weighted by Crippen LogP contribution is 2.41. The molecule has 6 nitrogen and oxygen atoms in total. The fraction of sp³-hybridized carbons (Fsp3) is 0.0351. The molecule has 1 aliphatic rings. The lowest BCUT2D eigenvalue weighted by atomic mass is 9.91. The first kappa shape index (κ1) is 35.4. The quantitative estimate of drug-likeness (QED) is 0.167. The van der Waals surface area contributed by atoms with E-state index in [0.717, 1.165) is 89.4 Å². The number of fused-ring (bicyclic) bond motifs is 9. The molecular formula is C57H36N4O2. The third kappa shape index (κ3) is 5.83. The highest BCUT2D eigenvalue weighted by Gasteiger charge is 2.22. The van der Waals surface area contributed by atoms with Crippen LogP contribution in [0.4, 0.5) is 0 Å². The standard InChI is InChI=1S/C57H36N4O2/c1-3-13-35(14-4-1)36-15-11-16-38(31-36)55-58-56(39-26-29-45-44-20-8-10-24-50(44)62-52(45)33-39)60-57(59-55)40-27-30-47-46-28-25-37(32-51(46)63-53(47)34-40)42-21-12-22-48-43-19-7-9-23-49(43)61(54(42)48)41-17-5-2-6-18-41/h1-15,17-34,38H,16H2. The van der Waals surface area contributed by atoms with Crippen molar-refractivity contribution in [1.29, 1.82) is 0 Å². The summed E-state index contributed by atoms with van der Waals surface area (Å²) in [5.74, 6) is 1.86. The van der Waals surface area contributed by atoms with Crippen LogP contribution < -0.4 is 0 Å². The molecule has 0 saturated carbocycles. The zero-order valence-electron chi connectivity index (χ0n) is 33.9. The van der Waals surface area contributed by atoms with E-state index in [1.165, 1.54) is 21.8 Å². The van der Waals surface area contributed by atoms with Gasteiger partial charge < -0.3 is 13.4 Å². The summed E-state index contributed by atoms with van der Waals surface area (Å²) in [6.45, 7) is 0. The molecule has 6 heteroatoms. The molecule has 0 spiro atoms. The summed E-state index contributed by atoms with van der Waals surface area (Å²) in [5, 5.41) is 6.68. The van der Waals surface area contributed by atoms with Crippen LogP contribution in [-0.4, -0.2) is 19.5 Å². The van der Waals surface area contributed by atoms with E-state index in [1.54, 1.807) is 0 Å². The molecule has 0 saturated heterocycles. The largest absolute Gasteiger partial charge is 0.456 e. The lowest BCUT2D eigenvalue weighted by molar-refractivity contribution is 0.669. The van der Waals surface area contributed by atoms with Crippen molar-refractivity contribution in [1.82, 2.24) is 19.5 Å². The van der Waals surface area contributed by atoms with E-state index < -0.39 is 0 Å². The Hall–Kier alpha value is -8.35. The number of furan rings is 2.